The van der Waals surface area contributed by atoms with Gasteiger partial charge in [-0.05, 0) is 0 Å². The highest BCUT2D eigenvalue weighted by molar-refractivity contribution is 5.75. The van der Waals surface area contributed by atoms with Crippen molar-refractivity contribution in [2.24, 2.45) is 5.84 Å². The molecular weight excluding hydrogens is 258 g/mol. The molecule has 0 aliphatic carbocycles. The van der Waals surface area contributed by atoms with Crippen LogP contribution in [0.3, 0.4) is 0 Å². The van der Waals surface area contributed by atoms with Gasteiger partial charge in [0.05, 0.1) is 12.5 Å². The van der Waals surface area contributed by atoms with E-state index in [0.717, 1.165) is 0 Å². The summed E-state index contributed by atoms with van der Waals surface area (Å²) in [5.74, 6) is 2.04. The van der Waals surface area contributed by atoms with E-state index in [1.807, 2.05) is 0 Å². The quantitative estimate of drug-likeness (QED) is 0.364. The lowest BCUT2D eigenvalue weighted by Crippen LogP contribution is -2.46. The highest BCUT2D eigenvalue weighted by Gasteiger charge is 2.43. The van der Waals surface area contributed by atoms with Crippen LogP contribution in [-0.2, 0) is 9.63 Å². The molecule has 2 N–H and O–H groups in total. The molecule has 0 saturated heterocycles. The number of hydrogen-bond donors (Lipinski definition) is 1. The van der Waals surface area contributed by atoms with E-state index in [4.69, 9.17) is 5.84 Å². The van der Waals surface area contributed by atoms with E-state index in [1.54, 1.807) is 0 Å². The van der Waals surface area contributed by atoms with Gasteiger partial charge in [0.1, 0.15) is 0 Å². The molecule has 0 amide bonds. The van der Waals surface area contributed by atoms with E-state index >= 15 is 0 Å². The topological polar surface area (TPSA) is 55.6 Å². The van der Waals surface area contributed by atoms with Crippen molar-refractivity contribution in [2.75, 3.05) is 0 Å². The van der Waals surface area contributed by atoms with Gasteiger partial charge in [-0.2, -0.15) is 26.3 Å². The fourth-order valence-electron chi connectivity index (χ4n) is 0.730. The van der Waals surface area contributed by atoms with Crippen molar-refractivity contribution in [3.63, 3.8) is 0 Å². The number of nitrogens with two attached hydrogens (primary N) is 1. The molecule has 0 bridgehead atoms. The zero-order valence-electron chi connectivity index (χ0n) is 8.18. The number of rotatable bonds is 4. The number of halogens is 6. The average molecular weight is 266 g/mol. The Morgan fingerprint density at radius 3 is 2.12 bits per heavy atom. The Kier molecular flexibility index (Phi) is 4.95. The van der Waals surface area contributed by atoms with Crippen LogP contribution in [0.1, 0.15) is 6.42 Å². The van der Waals surface area contributed by atoms with Crippen molar-refractivity contribution in [1.82, 2.24) is 5.17 Å². The summed E-state index contributed by atoms with van der Waals surface area (Å²) in [6.45, 7) is 2.94. The zero-order chi connectivity index (χ0) is 13.9. The van der Waals surface area contributed by atoms with Crippen LogP contribution in [0.25, 0.3) is 0 Å². The molecule has 0 radical (unpaired) electrons. The van der Waals surface area contributed by atoms with Crippen molar-refractivity contribution < 1.29 is 36.0 Å². The second-order valence-corrected chi connectivity index (χ2v) is 2.86. The van der Waals surface area contributed by atoms with E-state index in [-0.39, 0.29) is 5.17 Å². The lowest BCUT2D eigenvalue weighted by atomic mass is 10.2. The third-order valence-corrected chi connectivity index (χ3v) is 1.46. The first-order chi connectivity index (χ1) is 7.47. The average Bonchev–Trinajstić information content (AvgIpc) is 2.10. The molecule has 0 aliphatic rings. The second kappa shape index (κ2) is 5.36. The summed E-state index contributed by atoms with van der Waals surface area (Å²) >= 11 is 0. The van der Waals surface area contributed by atoms with Gasteiger partial charge in [0.2, 0.25) is 0 Å². The zero-order valence-corrected chi connectivity index (χ0v) is 8.18. The second-order valence-electron chi connectivity index (χ2n) is 2.86. The molecule has 0 rings (SSSR count). The summed E-state index contributed by atoms with van der Waals surface area (Å²) in [5.41, 5.74) is 0. The predicted molar refractivity (Wildman–Crippen MR) is 42.8 cm³/mol. The van der Waals surface area contributed by atoms with Gasteiger partial charge in [-0.25, -0.2) is 10.6 Å². The molecule has 10 heteroatoms. The molecule has 0 fully saturated rings. The molecular formula is C7H8F6N2O2. The van der Waals surface area contributed by atoms with E-state index in [1.165, 1.54) is 0 Å². The minimum absolute atomic E-state index is 0.337. The van der Waals surface area contributed by atoms with Gasteiger partial charge in [-0.15, -0.1) is 6.58 Å². The number of carbonyl (C=O) groups is 1. The molecule has 100 valence electrons. The minimum atomic E-state index is -5.35. The van der Waals surface area contributed by atoms with E-state index in [2.05, 4.69) is 11.4 Å². The van der Waals surface area contributed by atoms with Gasteiger partial charge in [0.15, 0.2) is 0 Å². The summed E-state index contributed by atoms with van der Waals surface area (Å²) in [6, 6.07) is -1.80. The minimum Gasteiger partial charge on any atom is -0.345 e. The summed E-state index contributed by atoms with van der Waals surface area (Å²) in [7, 11) is 0. The van der Waals surface area contributed by atoms with Crippen LogP contribution in [0.4, 0.5) is 26.3 Å². The maximum absolute atomic E-state index is 11.9. The highest BCUT2D eigenvalue weighted by atomic mass is 19.4. The lowest BCUT2D eigenvalue weighted by Gasteiger charge is -2.24. The van der Waals surface area contributed by atoms with Crippen molar-refractivity contribution in [3.05, 3.63) is 12.7 Å². The number of nitrogens with zero attached hydrogens (tertiary/aromatic N) is 1. The molecule has 0 heterocycles. The molecule has 1 unspecified atom stereocenters. The van der Waals surface area contributed by atoms with E-state index in [9.17, 15) is 31.1 Å². The molecule has 0 spiro atoms. The molecule has 17 heavy (non-hydrogen) atoms. The monoisotopic (exact) mass is 266 g/mol. The maximum Gasteiger partial charge on any atom is 0.492 e. The normalized spacial score (nSPS) is 14.6. The van der Waals surface area contributed by atoms with Crippen LogP contribution in [0.15, 0.2) is 12.7 Å². The van der Waals surface area contributed by atoms with Gasteiger partial charge >= 0.3 is 18.3 Å². The Morgan fingerprint density at radius 1 is 1.35 bits per heavy atom. The van der Waals surface area contributed by atoms with Gasteiger partial charge in [0.25, 0.3) is 0 Å². The lowest BCUT2D eigenvalue weighted by molar-refractivity contribution is -0.251. The molecule has 0 aromatic rings. The first-order valence-electron chi connectivity index (χ1n) is 3.99. The summed E-state index contributed by atoms with van der Waals surface area (Å²) in [4.78, 5) is 13.8. The van der Waals surface area contributed by atoms with Crippen molar-refractivity contribution in [1.29, 1.82) is 0 Å². The number of hydrazine groups is 1. The van der Waals surface area contributed by atoms with Crippen molar-refractivity contribution in [2.45, 2.75) is 24.8 Å². The Balaban J connectivity index is 4.52. The van der Waals surface area contributed by atoms with E-state index < -0.39 is 30.8 Å². The number of hydroxylamine groups is 1. The molecule has 0 saturated carbocycles. The largest absolute Gasteiger partial charge is 0.492 e. The fraction of sp³-hybridized carbons (Fsp3) is 0.571. The van der Waals surface area contributed by atoms with Crippen LogP contribution >= 0.6 is 0 Å². The van der Waals surface area contributed by atoms with Crippen LogP contribution in [0, 0.1) is 0 Å². The Labute approximate surface area is 91.5 Å². The Bertz CT molecular complexity index is 287. The Morgan fingerprint density at radius 2 is 1.82 bits per heavy atom. The molecule has 4 nitrogen and oxygen atoms in total. The third-order valence-electron chi connectivity index (χ3n) is 1.46. The Hall–Kier alpha value is -1.29. The van der Waals surface area contributed by atoms with Gasteiger partial charge in [-0.3, -0.25) is 0 Å². The van der Waals surface area contributed by atoms with Gasteiger partial charge < -0.3 is 4.84 Å². The number of hydrogen-bond acceptors (Lipinski definition) is 4. The molecule has 1 atom stereocenters. The first-order valence-corrected chi connectivity index (χ1v) is 3.99. The SMILES string of the molecule is C=CC(CC(F)(F)F)N(N)OC(=O)C(F)(F)F. The standard InChI is InChI=1S/C7H8F6N2O2/c1-2-4(3-6(8,9)10)15(14)17-5(16)7(11,12)13/h2,4H,1,3,14H2. The summed E-state index contributed by atoms with van der Waals surface area (Å²) in [5, 5.41) is -0.337. The van der Waals surface area contributed by atoms with Crippen molar-refractivity contribution in [3.8, 4) is 0 Å². The van der Waals surface area contributed by atoms with Crippen LogP contribution in [0.5, 0.6) is 0 Å². The summed E-state index contributed by atoms with van der Waals surface area (Å²) in [6.07, 6.45) is -11.0. The van der Waals surface area contributed by atoms with Crippen LogP contribution in [0.2, 0.25) is 0 Å². The van der Waals surface area contributed by atoms with E-state index in [0.29, 0.717) is 6.08 Å². The third kappa shape index (κ3) is 6.12. The van der Waals surface area contributed by atoms with Crippen LogP contribution < -0.4 is 5.84 Å². The maximum atomic E-state index is 11.9. The van der Waals surface area contributed by atoms with Crippen LogP contribution in [-0.4, -0.2) is 29.5 Å². The molecule has 0 aromatic heterocycles. The smallest absolute Gasteiger partial charge is 0.345 e. The number of alkyl halides is 6. The number of carbonyl (C=O) groups excluding carboxylic acids is 1. The predicted octanol–water partition coefficient (Wildman–Crippen LogP) is 1.69. The fourth-order valence-corrected chi connectivity index (χ4v) is 0.730. The summed E-state index contributed by atoms with van der Waals surface area (Å²) < 4.78 is 70.9. The van der Waals surface area contributed by atoms with Gasteiger partial charge in [-0.1, -0.05) is 11.2 Å². The molecule has 0 aliphatic heterocycles. The molecule has 0 aromatic carbocycles. The first kappa shape index (κ1) is 15.7. The van der Waals surface area contributed by atoms with Gasteiger partial charge in [0, 0.05) is 0 Å². The van der Waals surface area contributed by atoms with Crippen molar-refractivity contribution >= 4 is 5.97 Å². The highest BCUT2D eigenvalue weighted by Crippen LogP contribution is 2.24.